The molecule has 16 heteroatoms. The van der Waals surface area contributed by atoms with Gasteiger partial charge in [0.15, 0.2) is 12.2 Å². The Bertz CT molecular complexity index is 999. The standard InChI is InChI=1S/C25H36O16/c1-7-19(40-23-15(32)13(30)11(28)9(5-26)38-23)17(34)21(36-7)25(3,4)22-18(35)20(8(2)37-22)41-24-16(33)14(31)12(29)10(6-27)39-24/h9-16,21-24,26-33H,5-6H2,1-4H3. The highest BCUT2D eigenvalue weighted by atomic mass is 16.7. The molecule has 0 saturated carbocycles. The third kappa shape index (κ3) is 5.45. The molecule has 0 aromatic carbocycles. The summed E-state index contributed by atoms with van der Waals surface area (Å²) in [6, 6.07) is 0. The van der Waals surface area contributed by atoms with Crippen LogP contribution in [0.2, 0.25) is 0 Å². The molecule has 4 aliphatic rings. The lowest BCUT2D eigenvalue weighted by Crippen LogP contribution is -2.59. The maximum Gasteiger partial charge on any atom is 0.242 e. The zero-order chi connectivity index (χ0) is 30.5. The van der Waals surface area contributed by atoms with E-state index < -0.39 is 104 Å². The number of aliphatic hydroxyl groups excluding tert-OH is 8. The third-order valence-corrected chi connectivity index (χ3v) is 7.67. The summed E-state index contributed by atoms with van der Waals surface area (Å²) in [7, 11) is 0. The molecule has 2 fully saturated rings. The fraction of sp³-hybridized carbons (Fsp3) is 0.760. The second-order valence-corrected chi connectivity index (χ2v) is 10.9. The van der Waals surface area contributed by atoms with E-state index >= 15 is 0 Å². The Morgan fingerprint density at radius 2 is 0.976 bits per heavy atom. The van der Waals surface area contributed by atoms with Gasteiger partial charge < -0.3 is 69.3 Å². The largest absolute Gasteiger partial charge is 0.482 e. The first-order chi connectivity index (χ1) is 19.1. The van der Waals surface area contributed by atoms with Crippen molar-refractivity contribution in [3.63, 3.8) is 0 Å². The van der Waals surface area contributed by atoms with Crippen molar-refractivity contribution >= 4 is 11.6 Å². The second kappa shape index (κ2) is 11.7. The topological polar surface area (TPSA) is 251 Å². The van der Waals surface area contributed by atoms with Gasteiger partial charge in [-0.25, -0.2) is 0 Å². The van der Waals surface area contributed by atoms with E-state index in [4.69, 9.17) is 28.4 Å². The van der Waals surface area contributed by atoms with Crippen molar-refractivity contribution in [2.75, 3.05) is 13.2 Å². The first-order valence-electron chi connectivity index (χ1n) is 12.9. The maximum atomic E-state index is 13.4. The average Bonchev–Trinajstić information content (AvgIpc) is 3.39. The Hall–Kier alpha value is -2.38. The molecule has 0 aromatic heterocycles. The molecule has 0 bridgehead atoms. The molecule has 12 atom stereocenters. The Morgan fingerprint density at radius 3 is 1.29 bits per heavy atom. The predicted molar refractivity (Wildman–Crippen MR) is 129 cm³/mol. The van der Waals surface area contributed by atoms with Crippen molar-refractivity contribution in [1.82, 2.24) is 0 Å². The highest BCUT2D eigenvalue weighted by Crippen LogP contribution is 2.43. The molecule has 2 saturated heterocycles. The monoisotopic (exact) mass is 592 g/mol. The maximum absolute atomic E-state index is 13.4. The number of hydrogen-bond acceptors (Lipinski definition) is 16. The van der Waals surface area contributed by atoms with Crippen LogP contribution in [0.3, 0.4) is 0 Å². The average molecular weight is 593 g/mol. The molecule has 4 aliphatic heterocycles. The minimum absolute atomic E-state index is 0.0297. The Morgan fingerprint density at radius 1 is 0.634 bits per heavy atom. The normalized spacial score (nSPS) is 42.0. The lowest BCUT2D eigenvalue weighted by Gasteiger charge is -2.39. The number of ketones is 2. The SMILES string of the molecule is CC1=C(OC2OC(CO)C(O)C(O)C2O)C(=O)C(C(C)(C)C2OC(C)=C(OC3OC(CO)C(O)C(O)C3O)C2=O)O1. The van der Waals surface area contributed by atoms with Crippen LogP contribution in [-0.4, -0.2) is 139 Å². The summed E-state index contributed by atoms with van der Waals surface area (Å²) >= 11 is 0. The van der Waals surface area contributed by atoms with Crippen molar-refractivity contribution in [3.05, 3.63) is 23.0 Å². The fourth-order valence-electron chi connectivity index (χ4n) is 5.11. The quantitative estimate of drug-likeness (QED) is 0.134. The van der Waals surface area contributed by atoms with Gasteiger partial charge in [-0.2, -0.15) is 0 Å². The van der Waals surface area contributed by atoms with E-state index in [0.29, 0.717) is 0 Å². The smallest absolute Gasteiger partial charge is 0.242 e. The molecule has 0 radical (unpaired) electrons. The molecule has 4 heterocycles. The summed E-state index contributed by atoms with van der Waals surface area (Å²) in [6.07, 6.45) is -18.8. The first kappa shape index (κ1) is 31.6. The summed E-state index contributed by atoms with van der Waals surface area (Å²) in [5, 5.41) is 79.4. The van der Waals surface area contributed by atoms with Crippen molar-refractivity contribution in [2.45, 2.75) is 101 Å². The second-order valence-electron chi connectivity index (χ2n) is 10.9. The fourth-order valence-corrected chi connectivity index (χ4v) is 5.11. The van der Waals surface area contributed by atoms with Gasteiger partial charge in [0, 0.05) is 0 Å². The molecular formula is C25H36O16. The van der Waals surface area contributed by atoms with Crippen molar-refractivity contribution < 1.29 is 78.9 Å². The van der Waals surface area contributed by atoms with E-state index in [1.165, 1.54) is 27.7 Å². The van der Waals surface area contributed by atoms with E-state index in [0.717, 1.165) is 0 Å². The van der Waals surface area contributed by atoms with Crippen LogP contribution in [0.15, 0.2) is 23.0 Å². The number of Topliss-reactive ketones (excluding diaryl/α,β-unsaturated/α-hetero) is 2. The van der Waals surface area contributed by atoms with Crippen molar-refractivity contribution in [2.24, 2.45) is 5.41 Å². The molecule has 0 aliphatic carbocycles. The zero-order valence-corrected chi connectivity index (χ0v) is 22.7. The lowest BCUT2D eigenvalue weighted by molar-refractivity contribution is -0.291. The molecule has 4 rings (SSSR count). The van der Waals surface area contributed by atoms with Crippen LogP contribution in [0, 0.1) is 5.41 Å². The van der Waals surface area contributed by atoms with Gasteiger partial charge in [0.1, 0.15) is 60.4 Å². The zero-order valence-electron chi connectivity index (χ0n) is 22.7. The van der Waals surface area contributed by atoms with E-state index in [2.05, 4.69) is 0 Å². The third-order valence-electron chi connectivity index (χ3n) is 7.67. The summed E-state index contributed by atoms with van der Waals surface area (Å²) in [5.41, 5.74) is -1.39. The van der Waals surface area contributed by atoms with Gasteiger partial charge in [-0.15, -0.1) is 0 Å². The van der Waals surface area contributed by atoms with Gasteiger partial charge >= 0.3 is 0 Å². The van der Waals surface area contributed by atoms with Crippen molar-refractivity contribution in [1.29, 1.82) is 0 Å². The summed E-state index contributed by atoms with van der Waals surface area (Å²) in [6.45, 7) is 4.39. The van der Waals surface area contributed by atoms with Crippen LogP contribution >= 0.6 is 0 Å². The molecule has 12 unspecified atom stereocenters. The Labute approximate surface area is 233 Å². The summed E-state index contributed by atoms with van der Waals surface area (Å²) in [4.78, 5) is 26.8. The highest BCUT2D eigenvalue weighted by molar-refractivity contribution is 6.03. The first-order valence-corrected chi connectivity index (χ1v) is 12.9. The number of carbonyl (C=O) groups excluding carboxylic acids is 2. The molecule has 0 amide bonds. The Kier molecular flexibility index (Phi) is 9.02. The van der Waals surface area contributed by atoms with E-state index in [-0.39, 0.29) is 23.0 Å². The molecule has 41 heavy (non-hydrogen) atoms. The highest BCUT2D eigenvalue weighted by Gasteiger charge is 2.57. The summed E-state index contributed by atoms with van der Waals surface area (Å²) in [5.74, 6) is -2.31. The van der Waals surface area contributed by atoms with Crippen LogP contribution in [0.5, 0.6) is 0 Å². The minimum Gasteiger partial charge on any atom is -0.482 e. The van der Waals surface area contributed by atoms with E-state index in [9.17, 15) is 50.4 Å². The van der Waals surface area contributed by atoms with Crippen LogP contribution in [0.4, 0.5) is 0 Å². The van der Waals surface area contributed by atoms with Gasteiger partial charge in [-0.05, 0) is 13.8 Å². The van der Waals surface area contributed by atoms with Crippen LogP contribution in [-0.2, 0) is 38.0 Å². The number of rotatable bonds is 8. The molecule has 8 N–H and O–H groups in total. The van der Waals surface area contributed by atoms with E-state index in [1.807, 2.05) is 0 Å². The number of allylic oxidation sites excluding steroid dienone is 2. The predicted octanol–water partition coefficient (Wildman–Crippen LogP) is -3.96. The van der Waals surface area contributed by atoms with Gasteiger partial charge in [0.2, 0.25) is 35.7 Å². The van der Waals surface area contributed by atoms with Gasteiger partial charge in [-0.1, -0.05) is 13.8 Å². The molecule has 16 nitrogen and oxygen atoms in total. The van der Waals surface area contributed by atoms with Crippen molar-refractivity contribution in [3.8, 4) is 0 Å². The number of hydrogen-bond donors (Lipinski definition) is 8. The lowest BCUT2D eigenvalue weighted by atomic mass is 9.77. The van der Waals surface area contributed by atoms with E-state index in [1.54, 1.807) is 0 Å². The summed E-state index contributed by atoms with van der Waals surface area (Å²) < 4.78 is 33.2. The molecule has 0 spiro atoms. The molecule has 0 aromatic rings. The van der Waals surface area contributed by atoms with Crippen LogP contribution in [0.1, 0.15) is 27.7 Å². The number of aliphatic hydroxyl groups is 8. The minimum atomic E-state index is -1.78. The molecular weight excluding hydrogens is 556 g/mol. The van der Waals surface area contributed by atoms with Gasteiger partial charge in [0.25, 0.3) is 0 Å². The number of carbonyl (C=O) groups is 2. The Balaban J connectivity index is 1.46. The molecule has 232 valence electrons. The number of ether oxygens (including phenoxy) is 6. The van der Waals surface area contributed by atoms with Gasteiger partial charge in [0.05, 0.1) is 18.6 Å². The van der Waals surface area contributed by atoms with Crippen LogP contribution in [0.25, 0.3) is 0 Å². The van der Waals surface area contributed by atoms with Crippen LogP contribution < -0.4 is 0 Å². The van der Waals surface area contributed by atoms with Gasteiger partial charge in [-0.3, -0.25) is 9.59 Å².